The molecule has 0 radical (unpaired) electrons. The number of nitrogens with zero attached hydrogens (tertiary/aromatic N) is 2. The van der Waals surface area contributed by atoms with E-state index in [1.807, 2.05) is 11.9 Å². The average Bonchev–Trinajstić information content (AvgIpc) is 2.75. The summed E-state index contributed by atoms with van der Waals surface area (Å²) in [6.45, 7) is 2.01. The van der Waals surface area contributed by atoms with Crippen molar-refractivity contribution in [2.75, 3.05) is 20.1 Å². The van der Waals surface area contributed by atoms with Crippen molar-refractivity contribution in [1.82, 2.24) is 10.2 Å². The molecule has 1 aromatic rings. The van der Waals surface area contributed by atoms with Crippen LogP contribution in [0.4, 0.5) is 0 Å². The van der Waals surface area contributed by atoms with Gasteiger partial charge in [0.1, 0.15) is 0 Å². The largest absolute Gasteiger partial charge is 0.339 e. The minimum absolute atomic E-state index is 0. The van der Waals surface area contributed by atoms with E-state index in [1.165, 1.54) is 0 Å². The Labute approximate surface area is 126 Å². The molecule has 108 valence electrons. The fourth-order valence-corrected chi connectivity index (χ4v) is 2.44. The van der Waals surface area contributed by atoms with Gasteiger partial charge < -0.3 is 10.2 Å². The van der Waals surface area contributed by atoms with Gasteiger partial charge >= 0.3 is 0 Å². The van der Waals surface area contributed by atoms with Crippen LogP contribution in [-0.2, 0) is 0 Å². The number of amides is 1. The molecule has 1 aromatic carbocycles. The van der Waals surface area contributed by atoms with Crippen LogP contribution in [-0.4, -0.2) is 37.0 Å². The summed E-state index contributed by atoms with van der Waals surface area (Å²) in [5, 5.41) is 12.1. The first kappa shape index (κ1) is 16.5. The van der Waals surface area contributed by atoms with Gasteiger partial charge in [-0.05, 0) is 56.6 Å². The van der Waals surface area contributed by atoms with Gasteiger partial charge in [-0.2, -0.15) is 5.26 Å². The maximum atomic E-state index is 12.4. The lowest BCUT2D eigenvalue weighted by molar-refractivity contribution is 0.0720. The molecule has 4 nitrogen and oxygen atoms in total. The zero-order valence-electron chi connectivity index (χ0n) is 11.6. The zero-order chi connectivity index (χ0) is 13.7. The highest BCUT2D eigenvalue weighted by Crippen LogP contribution is 2.15. The molecule has 1 atom stereocenters. The Bertz CT molecular complexity index is 473. The van der Waals surface area contributed by atoms with Crippen LogP contribution in [0.15, 0.2) is 24.3 Å². The molecule has 1 heterocycles. The molecule has 5 heteroatoms. The third-order valence-electron chi connectivity index (χ3n) is 3.67. The molecule has 1 amide bonds. The third kappa shape index (κ3) is 3.96. The van der Waals surface area contributed by atoms with E-state index in [2.05, 4.69) is 11.4 Å². The van der Waals surface area contributed by atoms with E-state index in [-0.39, 0.29) is 18.3 Å². The molecular weight excluding hydrogens is 274 g/mol. The smallest absolute Gasteiger partial charge is 0.253 e. The summed E-state index contributed by atoms with van der Waals surface area (Å²) in [4.78, 5) is 14.2. The summed E-state index contributed by atoms with van der Waals surface area (Å²) < 4.78 is 0. The average molecular weight is 294 g/mol. The predicted octanol–water partition coefficient (Wildman–Crippen LogP) is 2.19. The maximum absolute atomic E-state index is 12.4. The second-order valence-electron chi connectivity index (χ2n) is 4.94. The number of carbonyl (C=O) groups is 1. The number of benzene rings is 1. The molecule has 2 rings (SSSR count). The van der Waals surface area contributed by atoms with Gasteiger partial charge in [-0.15, -0.1) is 12.4 Å². The summed E-state index contributed by atoms with van der Waals surface area (Å²) >= 11 is 0. The summed E-state index contributed by atoms with van der Waals surface area (Å²) in [7, 11) is 1.87. The highest BCUT2D eigenvalue weighted by molar-refractivity contribution is 5.94. The van der Waals surface area contributed by atoms with Gasteiger partial charge in [-0.25, -0.2) is 0 Å². The van der Waals surface area contributed by atoms with Crippen LogP contribution < -0.4 is 5.32 Å². The molecule has 1 unspecified atom stereocenters. The molecular formula is C15H20ClN3O. The van der Waals surface area contributed by atoms with Crippen LogP contribution >= 0.6 is 12.4 Å². The SMILES string of the molecule is CN(C(=O)c1ccc(C#N)cc1)C1CCCNCC1.Cl. The number of nitriles is 1. The van der Waals surface area contributed by atoms with Crippen LogP contribution in [0.1, 0.15) is 35.2 Å². The standard InChI is InChI=1S/C15H19N3O.ClH/c1-18(14-3-2-9-17-10-8-14)15(19)13-6-4-12(11-16)5-7-13;/h4-7,14,17H,2-3,8-10H2,1H3;1H. The van der Waals surface area contributed by atoms with Gasteiger partial charge in [0.15, 0.2) is 0 Å². The molecule has 0 aromatic heterocycles. The van der Waals surface area contributed by atoms with Crippen molar-refractivity contribution < 1.29 is 4.79 Å². The highest BCUT2D eigenvalue weighted by Gasteiger charge is 2.21. The van der Waals surface area contributed by atoms with Gasteiger partial charge in [-0.3, -0.25) is 4.79 Å². The minimum atomic E-state index is 0. The Morgan fingerprint density at radius 3 is 2.65 bits per heavy atom. The number of nitrogens with one attached hydrogen (secondary N) is 1. The first-order chi connectivity index (χ1) is 9.22. The molecule has 1 aliphatic rings. The fourth-order valence-electron chi connectivity index (χ4n) is 2.44. The molecule has 1 saturated heterocycles. The summed E-state index contributed by atoms with van der Waals surface area (Å²) in [5.74, 6) is 0.0383. The monoisotopic (exact) mass is 293 g/mol. The van der Waals surface area contributed by atoms with Crippen molar-refractivity contribution in [3.8, 4) is 6.07 Å². The predicted molar refractivity (Wildman–Crippen MR) is 81.0 cm³/mol. The van der Waals surface area contributed by atoms with Gasteiger partial charge in [-0.1, -0.05) is 0 Å². The van der Waals surface area contributed by atoms with Gasteiger partial charge in [0.2, 0.25) is 0 Å². The van der Waals surface area contributed by atoms with Gasteiger partial charge in [0, 0.05) is 18.7 Å². The van der Waals surface area contributed by atoms with E-state index < -0.39 is 0 Å². The van der Waals surface area contributed by atoms with E-state index in [9.17, 15) is 4.79 Å². The summed E-state index contributed by atoms with van der Waals surface area (Å²) in [5.41, 5.74) is 1.23. The number of rotatable bonds is 2. The van der Waals surface area contributed by atoms with E-state index >= 15 is 0 Å². The van der Waals surface area contributed by atoms with Crippen LogP contribution in [0.25, 0.3) is 0 Å². The lowest BCUT2D eigenvalue weighted by Crippen LogP contribution is -2.37. The van der Waals surface area contributed by atoms with Crippen LogP contribution in [0.3, 0.4) is 0 Å². The maximum Gasteiger partial charge on any atom is 0.253 e. The van der Waals surface area contributed by atoms with Crippen molar-refractivity contribution in [3.63, 3.8) is 0 Å². The van der Waals surface area contributed by atoms with E-state index in [1.54, 1.807) is 24.3 Å². The molecule has 1 fully saturated rings. The van der Waals surface area contributed by atoms with Crippen LogP contribution in [0.2, 0.25) is 0 Å². The molecule has 0 bridgehead atoms. The van der Waals surface area contributed by atoms with Crippen molar-refractivity contribution in [2.24, 2.45) is 0 Å². The van der Waals surface area contributed by atoms with Crippen molar-refractivity contribution in [3.05, 3.63) is 35.4 Å². The van der Waals surface area contributed by atoms with E-state index in [0.717, 1.165) is 32.4 Å². The molecule has 0 saturated carbocycles. The molecule has 20 heavy (non-hydrogen) atoms. The van der Waals surface area contributed by atoms with Gasteiger partial charge in [0.25, 0.3) is 5.91 Å². The number of carbonyl (C=O) groups excluding carboxylic acids is 1. The Kier molecular flexibility index (Phi) is 6.50. The molecule has 1 N–H and O–H groups in total. The highest BCUT2D eigenvalue weighted by atomic mass is 35.5. The van der Waals surface area contributed by atoms with Crippen LogP contribution in [0.5, 0.6) is 0 Å². The number of hydrogen-bond donors (Lipinski definition) is 1. The lowest BCUT2D eigenvalue weighted by Gasteiger charge is -2.27. The second-order valence-corrected chi connectivity index (χ2v) is 4.94. The summed E-state index contributed by atoms with van der Waals surface area (Å²) in [6, 6.07) is 9.20. The Morgan fingerprint density at radius 2 is 2.00 bits per heavy atom. The number of hydrogen-bond acceptors (Lipinski definition) is 3. The topological polar surface area (TPSA) is 56.1 Å². The second kappa shape index (κ2) is 7.88. The van der Waals surface area contributed by atoms with Crippen molar-refractivity contribution in [1.29, 1.82) is 5.26 Å². The Hall–Kier alpha value is -1.57. The first-order valence-electron chi connectivity index (χ1n) is 6.70. The van der Waals surface area contributed by atoms with Crippen molar-refractivity contribution >= 4 is 18.3 Å². The summed E-state index contributed by atoms with van der Waals surface area (Å²) in [6.07, 6.45) is 3.15. The molecule has 0 spiro atoms. The Morgan fingerprint density at radius 1 is 1.30 bits per heavy atom. The van der Waals surface area contributed by atoms with E-state index in [0.29, 0.717) is 17.2 Å². The lowest BCUT2D eigenvalue weighted by atomic mass is 10.1. The normalized spacial score (nSPS) is 18.3. The number of halogens is 1. The Balaban J connectivity index is 0.00000200. The van der Waals surface area contributed by atoms with E-state index in [4.69, 9.17) is 5.26 Å². The zero-order valence-corrected chi connectivity index (χ0v) is 12.4. The van der Waals surface area contributed by atoms with Crippen LogP contribution in [0, 0.1) is 11.3 Å². The van der Waals surface area contributed by atoms with Crippen molar-refractivity contribution in [2.45, 2.75) is 25.3 Å². The fraction of sp³-hybridized carbons (Fsp3) is 0.467. The minimum Gasteiger partial charge on any atom is -0.339 e. The van der Waals surface area contributed by atoms with Gasteiger partial charge in [0.05, 0.1) is 11.6 Å². The quantitative estimate of drug-likeness (QED) is 0.909. The molecule has 0 aliphatic carbocycles. The third-order valence-corrected chi connectivity index (χ3v) is 3.67. The first-order valence-corrected chi connectivity index (χ1v) is 6.70. The molecule has 1 aliphatic heterocycles.